The van der Waals surface area contributed by atoms with Crippen molar-refractivity contribution in [2.24, 2.45) is 0 Å². The SMILES string of the molecule is COc1ccc(C(Cc2ccccc2F)C(=O)O)cc1Cl. The van der Waals surface area contributed by atoms with Crippen LogP contribution in [0.25, 0.3) is 0 Å². The predicted octanol–water partition coefficient (Wildman–Crippen LogP) is 3.90. The summed E-state index contributed by atoms with van der Waals surface area (Å²) in [6.45, 7) is 0. The molecular formula is C16H14ClFO3. The Kier molecular flexibility index (Phi) is 4.81. The summed E-state index contributed by atoms with van der Waals surface area (Å²) in [5.74, 6) is -1.84. The molecule has 0 aliphatic rings. The lowest BCUT2D eigenvalue weighted by Gasteiger charge is -2.14. The first-order valence-corrected chi connectivity index (χ1v) is 6.70. The number of carboxylic acid groups (broad SMARTS) is 1. The van der Waals surface area contributed by atoms with Gasteiger partial charge in [0.2, 0.25) is 0 Å². The minimum Gasteiger partial charge on any atom is -0.495 e. The average molecular weight is 309 g/mol. The summed E-state index contributed by atoms with van der Waals surface area (Å²) in [4.78, 5) is 11.5. The topological polar surface area (TPSA) is 46.5 Å². The molecule has 0 amide bonds. The first-order valence-electron chi connectivity index (χ1n) is 6.32. The number of rotatable bonds is 5. The highest BCUT2D eigenvalue weighted by Crippen LogP contribution is 2.30. The van der Waals surface area contributed by atoms with E-state index in [4.69, 9.17) is 16.3 Å². The number of methoxy groups -OCH3 is 1. The molecule has 21 heavy (non-hydrogen) atoms. The Bertz CT molecular complexity index is 658. The predicted molar refractivity (Wildman–Crippen MR) is 78.5 cm³/mol. The summed E-state index contributed by atoms with van der Waals surface area (Å²) < 4.78 is 18.7. The number of aliphatic carboxylic acids is 1. The van der Waals surface area contributed by atoms with Gasteiger partial charge in [0.1, 0.15) is 11.6 Å². The Labute approximate surface area is 126 Å². The van der Waals surface area contributed by atoms with Crippen LogP contribution < -0.4 is 4.74 Å². The molecule has 0 fully saturated rings. The minimum absolute atomic E-state index is 0.0602. The van der Waals surface area contributed by atoms with Crippen molar-refractivity contribution in [1.82, 2.24) is 0 Å². The lowest BCUT2D eigenvalue weighted by atomic mass is 9.92. The van der Waals surface area contributed by atoms with Gasteiger partial charge in [-0.2, -0.15) is 0 Å². The third-order valence-corrected chi connectivity index (χ3v) is 3.55. The number of benzene rings is 2. The van der Waals surface area contributed by atoms with E-state index >= 15 is 0 Å². The normalized spacial score (nSPS) is 12.0. The Morgan fingerprint density at radius 1 is 1.33 bits per heavy atom. The molecular weight excluding hydrogens is 295 g/mol. The van der Waals surface area contributed by atoms with Crippen molar-refractivity contribution in [3.63, 3.8) is 0 Å². The van der Waals surface area contributed by atoms with Gasteiger partial charge in [-0.25, -0.2) is 4.39 Å². The third-order valence-electron chi connectivity index (χ3n) is 3.26. The smallest absolute Gasteiger partial charge is 0.311 e. The lowest BCUT2D eigenvalue weighted by Crippen LogP contribution is -2.15. The second kappa shape index (κ2) is 6.59. The van der Waals surface area contributed by atoms with Gasteiger partial charge in [-0.15, -0.1) is 0 Å². The molecule has 110 valence electrons. The molecule has 1 atom stereocenters. The molecule has 0 radical (unpaired) electrons. The third kappa shape index (κ3) is 3.52. The van der Waals surface area contributed by atoms with Gasteiger partial charge >= 0.3 is 5.97 Å². The monoisotopic (exact) mass is 308 g/mol. The van der Waals surface area contributed by atoms with Gasteiger partial charge < -0.3 is 9.84 Å². The summed E-state index contributed by atoms with van der Waals surface area (Å²) >= 11 is 6.02. The zero-order valence-electron chi connectivity index (χ0n) is 11.3. The molecule has 1 N–H and O–H groups in total. The number of carboxylic acids is 1. The van der Waals surface area contributed by atoms with Crippen molar-refractivity contribution < 1.29 is 19.0 Å². The van der Waals surface area contributed by atoms with Gasteiger partial charge in [0.25, 0.3) is 0 Å². The number of carbonyl (C=O) groups is 1. The van der Waals surface area contributed by atoms with E-state index in [-0.39, 0.29) is 6.42 Å². The maximum Gasteiger partial charge on any atom is 0.311 e. The Morgan fingerprint density at radius 3 is 2.62 bits per heavy atom. The van der Waals surface area contributed by atoms with Crippen LogP contribution in [0.15, 0.2) is 42.5 Å². The zero-order chi connectivity index (χ0) is 15.4. The van der Waals surface area contributed by atoms with Crippen molar-refractivity contribution in [2.45, 2.75) is 12.3 Å². The standard InChI is InChI=1S/C16H14ClFO3/c1-21-15-7-6-10(9-13(15)17)12(16(19)20)8-11-4-2-3-5-14(11)18/h2-7,9,12H,8H2,1H3,(H,19,20). The van der Waals surface area contributed by atoms with Gasteiger partial charge in [0.15, 0.2) is 0 Å². The highest BCUT2D eigenvalue weighted by molar-refractivity contribution is 6.32. The van der Waals surface area contributed by atoms with Crippen molar-refractivity contribution in [3.8, 4) is 5.75 Å². The number of ether oxygens (including phenoxy) is 1. The molecule has 0 aromatic heterocycles. The quantitative estimate of drug-likeness (QED) is 0.911. The molecule has 0 aliphatic heterocycles. The van der Waals surface area contributed by atoms with Crippen molar-refractivity contribution in [3.05, 3.63) is 64.4 Å². The lowest BCUT2D eigenvalue weighted by molar-refractivity contribution is -0.138. The molecule has 0 saturated carbocycles. The second-order valence-corrected chi connectivity index (χ2v) is 4.99. The van der Waals surface area contributed by atoms with Crippen molar-refractivity contribution >= 4 is 17.6 Å². The van der Waals surface area contributed by atoms with Crippen LogP contribution in [0, 0.1) is 5.82 Å². The Balaban J connectivity index is 2.34. The maximum absolute atomic E-state index is 13.7. The second-order valence-electron chi connectivity index (χ2n) is 4.58. The molecule has 5 heteroatoms. The highest BCUT2D eigenvalue weighted by atomic mass is 35.5. The minimum atomic E-state index is -1.03. The summed E-state index contributed by atoms with van der Waals surface area (Å²) in [5.41, 5.74) is 0.869. The van der Waals surface area contributed by atoms with Crippen LogP contribution in [0.5, 0.6) is 5.75 Å². The molecule has 0 bridgehead atoms. The molecule has 0 saturated heterocycles. The summed E-state index contributed by atoms with van der Waals surface area (Å²) in [5, 5.41) is 9.73. The van der Waals surface area contributed by atoms with E-state index in [2.05, 4.69) is 0 Å². The molecule has 3 nitrogen and oxygen atoms in total. The fourth-order valence-electron chi connectivity index (χ4n) is 2.13. The van der Waals surface area contributed by atoms with Crippen LogP contribution >= 0.6 is 11.6 Å². The van der Waals surface area contributed by atoms with E-state index in [0.717, 1.165) is 0 Å². The van der Waals surface area contributed by atoms with E-state index in [1.54, 1.807) is 36.4 Å². The molecule has 2 aromatic carbocycles. The van der Waals surface area contributed by atoms with Gasteiger partial charge in [-0.1, -0.05) is 35.9 Å². The summed E-state index contributed by atoms with van der Waals surface area (Å²) in [6.07, 6.45) is 0.0602. The Morgan fingerprint density at radius 2 is 2.05 bits per heavy atom. The average Bonchev–Trinajstić information content (AvgIpc) is 2.46. The first-order chi connectivity index (χ1) is 10.0. The number of hydrogen-bond donors (Lipinski definition) is 1. The van der Waals surface area contributed by atoms with Gasteiger partial charge in [-0.3, -0.25) is 4.79 Å². The van der Waals surface area contributed by atoms with Crippen LogP contribution in [0.4, 0.5) is 4.39 Å². The van der Waals surface area contributed by atoms with Gasteiger partial charge in [0, 0.05) is 0 Å². The van der Waals surface area contributed by atoms with E-state index in [0.29, 0.717) is 21.9 Å². The largest absolute Gasteiger partial charge is 0.495 e. The molecule has 2 rings (SSSR count). The molecule has 0 aliphatic carbocycles. The first kappa shape index (κ1) is 15.3. The fourth-order valence-corrected chi connectivity index (χ4v) is 2.40. The molecule has 0 spiro atoms. The summed E-state index contributed by atoms with van der Waals surface area (Å²) in [7, 11) is 1.48. The van der Waals surface area contributed by atoms with Crippen molar-refractivity contribution in [1.29, 1.82) is 0 Å². The van der Waals surface area contributed by atoms with Crippen molar-refractivity contribution in [2.75, 3.05) is 7.11 Å². The number of hydrogen-bond acceptors (Lipinski definition) is 2. The van der Waals surface area contributed by atoms with Crippen LogP contribution in [-0.4, -0.2) is 18.2 Å². The molecule has 0 heterocycles. The van der Waals surface area contributed by atoms with Crippen LogP contribution in [0.1, 0.15) is 17.0 Å². The maximum atomic E-state index is 13.7. The van der Waals surface area contributed by atoms with E-state index in [1.165, 1.54) is 13.2 Å². The van der Waals surface area contributed by atoms with E-state index in [1.807, 2.05) is 0 Å². The van der Waals surface area contributed by atoms with E-state index < -0.39 is 17.7 Å². The molecule has 1 unspecified atom stereocenters. The summed E-state index contributed by atoms with van der Waals surface area (Å²) in [6, 6.07) is 10.9. The van der Waals surface area contributed by atoms with Crippen LogP contribution in [-0.2, 0) is 11.2 Å². The van der Waals surface area contributed by atoms with Crippen LogP contribution in [0.2, 0.25) is 5.02 Å². The van der Waals surface area contributed by atoms with E-state index in [9.17, 15) is 14.3 Å². The fraction of sp³-hybridized carbons (Fsp3) is 0.188. The highest BCUT2D eigenvalue weighted by Gasteiger charge is 2.22. The van der Waals surface area contributed by atoms with Gasteiger partial charge in [-0.05, 0) is 35.7 Å². The van der Waals surface area contributed by atoms with Crippen LogP contribution in [0.3, 0.4) is 0 Å². The number of halogens is 2. The Hall–Kier alpha value is -2.07. The zero-order valence-corrected chi connectivity index (χ0v) is 12.1. The molecule has 2 aromatic rings. The van der Waals surface area contributed by atoms with Gasteiger partial charge in [0.05, 0.1) is 18.1 Å².